The van der Waals surface area contributed by atoms with E-state index in [1.165, 1.54) is 0 Å². The molecule has 0 saturated heterocycles. The Balaban J connectivity index is 1.91. The Morgan fingerprint density at radius 1 is 1.19 bits per heavy atom. The lowest BCUT2D eigenvalue weighted by atomic mass is 9.95. The molecule has 1 aliphatic rings. The van der Waals surface area contributed by atoms with Gasteiger partial charge in [-0.05, 0) is 36.2 Å². The molecule has 0 unspecified atom stereocenters. The number of carbonyl (C=O) groups is 1. The topological polar surface area (TPSA) is 69.2 Å². The zero-order valence-corrected chi connectivity index (χ0v) is 15.0. The predicted molar refractivity (Wildman–Crippen MR) is 100 cm³/mol. The Morgan fingerprint density at radius 2 is 1.92 bits per heavy atom. The van der Waals surface area contributed by atoms with Crippen molar-refractivity contribution in [3.63, 3.8) is 0 Å². The van der Waals surface area contributed by atoms with Crippen LogP contribution in [0.15, 0.2) is 48.5 Å². The first-order valence-corrected chi connectivity index (χ1v) is 8.92. The minimum atomic E-state index is -0.261. The molecule has 1 aliphatic heterocycles. The van der Waals surface area contributed by atoms with Crippen LogP contribution in [0.5, 0.6) is 5.75 Å². The van der Waals surface area contributed by atoms with E-state index in [4.69, 9.17) is 11.6 Å². The second-order valence-electron chi connectivity index (χ2n) is 6.33. The van der Waals surface area contributed by atoms with E-state index in [1.54, 1.807) is 18.2 Å². The lowest BCUT2D eigenvalue weighted by Crippen LogP contribution is -2.30. The van der Waals surface area contributed by atoms with Crippen LogP contribution in [-0.4, -0.2) is 32.7 Å². The summed E-state index contributed by atoms with van der Waals surface area (Å²) in [4.78, 5) is 14.8. The van der Waals surface area contributed by atoms with Gasteiger partial charge < -0.3 is 10.0 Å². The van der Waals surface area contributed by atoms with E-state index in [1.807, 2.05) is 42.2 Å². The van der Waals surface area contributed by atoms with E-state index in [2.05, 4.69) is 10.2 Å². The molecule has 2 heterocycles. The lowest BCUT2D eigenvalue weighted by Gasteiger charge is -2.26. The average Bonchev–Trinajstić information content (AvgIpc) is 3.17. The average molecular weight is 368 g/mol. The van der Waals surface area contributed by atoms with Crippen LogP contribution in [0.2, 0.25) is 5.02 Å². The number of aromatic amines is 1. The van der Waals surface area contributed by atoms with Gasteiger partial charge in [0.05, 0.1) is 6.04 Å². The predicted octanol–water partition coefficient (Wildman–Crippen LogP) is 4.39. The first kappa shape index (κ1) is 16.7. The molecule has 132 valence electrons. The number of amides is 1. The van der Waals surface area contributed by atoms with Gasteiger partial charge in [-0.1, -0.05) is 42.8 Å². The summed E-state index contributed by atoms with van der Waals surface area (Å²) in [5.74, 6) is 0.0639. The Bertz CT molecular complexity index is 965. The second-order valence-corrected chi connectivity index (χ2v) is 6.77. The van der Waals surface area contributed by atoms with Gasteiger partial charge in [-0.2, -0.15) is 5.10 Å². The van der Waals surface area contributed by atoms with Gasteiger partial charge in [0.25, 0.3) is 5.91 Å². The molecule has 6 heteroatoms. The highest BCUT2D eigenvalue weighted by molar-refractivity contribution is 6.30. The van der Waals surface area contributed by atoms with Crippen LogP contribution in [0, 0.1) is 0 Å². The molecule has 1 amide bonds. The van der Waals surface area contributed by atoms with E-state index >= 15 is 0 Å². The molecule has 26 heavy (non-hydrogen) atoms. The van der Waals surface area contributed by atoms with Gasteiger partial charge in [-0.25, -0.2) is 0 Å². The van der Waals surface area contributed by atoms with E-state index in [0.29, 0.717) is 28.5 Å². The highest BCUT2D eigenvalue weighted by Gasteiger charge is 2.41. The molecule has 0 fully saturated rings. The van der Waals surface area contributed by atoms with Crippen molar-refractivity contribution < 1.29 is 9.90 Å². The Morgan fingerprint density at radius 3 is 2.62 bits per heavy atom. The number of H-pyrrole nitrogens is 1. The van der Waals surface area contributed by atoms with Gasteiger partial charge in [-0.15, -0.1) is 0 Å². The molecule has 0 spiro atoms. The minimum Gasteiger partial charge on any atom is -0.507 e. The molecule has 5 nitrogen and oxygen atoms in total. The highest BCUT2D eigenvalue weighted by atomic mass is 35.5. The van der Waals surface area contributed by atoms with Crippen molar-refractivity contribution in [3.8, 4) is 17.0 Å². The number of hydrogen-bond acceptors (Lipinski definition) is 3. The van der Waals surface area contributed by atoms with E-state index in [-0.39, 0.29) is 17.7 Å². The molecule has 4 rings (SSSR count). The maximum atomic E-state index is 12.9. The number of phenols is 1. The third-order valence-electron chi connectivity index (χ3n) is 4.67. The molecule has 1 aromatic heterocycles. The van der Waals surface area contributed by atoms with Crippen LogP contribution < -0.4 is 0 Å². The third-order valence-corrected chi connectivity index (χ3v) is 4.93. The van der Waals surface area contributed by atoms with Gasteiger partial charge in [0.15, 0.2) is 0 Å². The number of rotatable bonds is 4. The number of para-hydroxylation sites is 1. The fraction of sp³-hybridized carbons (Fsp3) is 0.200. The maximum absolute atomic E-state index is 12.9. The number of fused-ring (bicyclic) bond motifs is 1. The molecule has 0 saturated carbocycles. The first-order chi connectivity index (χ1) is 12.6. The van der Waals surface area contributed by atoms with Gasteiger partial charge in [0, 0.05) is 22.7 Å². The van der Waals surface area contributed by atoms with Crippen molar-refractivity contribution in [3.05, 3.63) is 70.4 Å². The van der Waals surface area contributed by atoms with Crippen molar-refractivity contribution in [1.29, 1.82) is 0 Å². The van der Waals surface area contributed by atoms with Gasteiger partial charge in [0.1, 0.15) is 17.1 Å². The second kappa shape index (κ2) is 6.50. The van der Waals surface area contributed by atoms with Crippen LogP contribution in [0.1, 0.15) is 41.0 Å². The zero-order chi connectivity index (χ0) is 18.3. The van der Waals surface area contributed by atoms with E-state index in [0.717, 1.165) is 17.5 Å². The van der Waals surface area contributed by atoms with Crippen molar-refractivity contribution in [2.24, 2.45) is 0 Å². The molecule has 2 aromatic carbocycles. The number of nitrogens with zero attached hydrogens (tertiary/aromatic N) is 2. The lowest BCUT2D eigenvalue weighted by molar-refractivity contribution is 0.0744. The molecule has 0 radical (unpaired) electrons. The number of benzene rings is 2. The summed E-state index contributed by atoms with van der Waals surface area (Å²) in [5, 5.41) is 18.2. The first-order valence-electron chi connectivity index (χ1n) is 8.55. The number of halogens is 1. The van der Waals surface area contributed by atoms with Gasteiger partial charge in [-0.3, -0.25) is 9.89 Å². The SMILES string of the molecule is CCCN1C(=O)c2[nH]nc(-c3ccccc3O)c2[C@@H]1c1ccc(Cl)cc1. The zero-order valence-electron chi connectivity index (χ0n) is 14.2. The fourth-order valence-electron chi connectivity index (χ4n) is 3.54. The third kappa shape index (κ3) is 2.56. The smallest absolute Gasteiger partial charge is 0.273 e. The van der Waals surface area contributed by atoms with Gasteiger partial charge in [0.2, 0.25) is 0 Å². The summed E-state index contributed by atoms with van der Waals surface area (Å²) >= 11 is 6.04. The summed E-state index contributed by atoms with van der Waals surface area (Å²) in [6.45, 7) is 2.68. The summed E-state index contributed by atoms with van der Waals surface area (Å²) in [5.41, 5.74) is 3.46. The number of aromatic nitrogens is 2. The number of nitrogens with one attached hydrogen (secondary N) is 1. The molecule has 2 N–H and O–H groups in total. The molecular formula is C20H18ClN3O2. The summed E-state index contributed by atoms with van der Waals surface area (Å²) in [6, 6.07) is 14.3. The number of carbonyl (C=O) groups excluding carboxylic acids is 1. The summed E-state index contributed by atoms with van der Waals surface area (Å²) in [7, 11) is 0. The summed E-state index contributed by atoms with van der Waals surface area (Å²) in [6.07, 6.45) is 0.847. The largest absolute Gasteiger partial charge is 0.507 e. The quantitative estimate of drug-likeness (QED) is 0.718. The van der Waals surface area contributed by atoms with Crippen molar-refractivity contribution in [2.45, 2.75) is 19.4 Å². The van der Waals surface area contributed by atoms with Crippen molar-refractivity contribution >= 4 is 17.5 Å². The Hall–Kier alpha value is -2.79. The van der Waals surface area contributed by atoms with Crippen molar-refractivity contribution in [2.75, 3.05) is 6.54 Å². The minimum absolute atomic E-state index is 0.0732. The normalized spacial score (nSPS) is 16.2. The summed E-state index contributed by atoms with van der Waals surface area (Å²) < 4.78 is 0. The molecule has 0 aliphatic carbocycles. The van der Waals surface area contributed by atoms with E-state index < -0.39 is 0 Å². The van der Waals surface area contributed by atoms with Crippen molar-refractivity contribution in [1.82, 2.24) is 15.1 Å². The number of aromatic hydroxyl groups is 1. The monoisotopic (exact) mass is 367 g/mol. The van der Waals surface area contributed by atoms with Crippen LogP contribution in [-0.2, 0) is 0 Å². The standard InChI is InChI=1S/C20H18ClN3O2/c1-2-11-24-19(12-7-9-13(21)10-8-12)16-17(22-23-18(16)20(24)26)14-5-3-4-6-15(14)25/h3-10,19,25H,2,11H2,1H3,(H,22,23)/t19-/m0/s1. The molecule has 0 bridgehead atoms. The van der Waals surface area contributed by atoms with E-state index in [9.17, 15) is 9.90 Å². The van der Waals surface area contributed by atoms with Crippen LogP contribution in [0.25, 0.3) is 11.3 Å². The molecule has 1 atom stereocenters. The highest BCUT2D eigenvalue weighted by Crippen LogP contribution is 2.44. The van der Waals surface area contributed by atoms with Crippen LogP contribution in [0.4, 0.5) is 0 Å². The molecule has 3 aromatic rings. The molecular weight excluding hydrogens is 350 g/mol. The number of phenolic OH excluding ortho intramolecular Hbond substituents is 1. The maximum Gasteiger partial charge on any atom is 0.273 e. The van der Waals surface area contributed by atoms with Gasteiger partial charge >= 0.3 is 0 Å². The Kier molecular flexibility index (Phi) is 4.17. The Labute approximate surface area is 156 Å². The number of hydrogen-bond donors (Lipinski definition) is 2. The van der Waals surface area contributed by atoms with Crippen LogP contribution in [0.3, 0.4) is 0 Å². The fourth-order valence-corrected chi connectivity index (χ4v) is 3.67. The van der Waals surface area contributed by atoms with Crippen LogP contribution >= 0.6 is 11.6 Å².